The van der Waals surface area contributed by atoms with Crippen LogP contribution < -0.4 is 10.6 Å². The summed E-state index contributed by atoms with van der Waals surface area (Å²) in [7, 11) is 0. The highest BCUT2D eigenvalue weighted by Gasteiger charge is 2.28. The van der Waals surface area contributed by atoms with E-state index in [0.717, 1.165) is 0 Å². The second kappa shape index (κ2) is 5.88. The van der Waals surface area contributed by atoms with Gasteiger partial charge in [-0.3, -0.25) is 0 Å². The molecule has 0 aliphatic heterocycles. The number of rotatable bonds is 4. The maximum atomic E-state index is 13.1. The van der Waals surface area contributed by atoms with Crippen molar-refractivity contribution in [3.8, 4) is 0 Å². The van der Waals surface area contributed by atoms with E-state index >= 15 is 0 Å². The van der Waals surface area contributed by atoms with Crippen LogP contribution in [0, 0.1) is 5.82 Å². The number of amides is 2. The standard InChI is InChI=1S/C12H14ClFN2O3/c1-12(2,10(17)18)16-11(19)15-6-7-4-3-5-8(14)9(7)13/h3-5H,6H2,1-2H3,(H,17,18)(H2,15,16,19). The van der Waals surface area contributed by atoms with Gasteiger partial charge in [-0.05, 0) is 25.5 Å². The summed E-state index contributed by atoms with van der Waals surface area (Å²) in [5.74, 6) is -1.74. The highest BCUT2D eigenvalue weighted by Crippen LogP contribution is 2.19. The molecule has 1 aromatic carbocycles. The molecule has 0 aliphatic rings. The number of hydrogen-bond acceptors (Lipinski definition) is 2. The zero-order valence-electron chi connectivity index (χ0n) is 10.5. The van der Waals surface area contributed by atoms with Gasteiger partial charge in [0.2, 0.25) is 0 Å². The molecule has 2 amide bonds. The number of carbonyl (C=O) groups is 2. The zero-order valence-corrected chi connectivity index (χ0v) is 11.2. The highest BCUT2D eigenvalue weighted by molar-refractivity contribution is 6.31. The van der Waals surface area contributed by atoms with Crippen LogP contribution in [0.4, 0.5) is 9.18 Å². The average Bonchev–Trinajstić information content (AvgIpc) is 2.30. The Morgan fingerprint density at radius 1 is 1.42 bits per heavy atom. The molecule has 5 nitrogen and oxygen atoms in total. The van der Waals surface area contributed by atoms with Gasteiger partial charge in [-0.15, -0.1) is 0 Å². The molecule has 0 saturated carbocycles. The Kier molecular flexibility index (Phi) is 4.72. The van der Waals surface area contributed by atoms with Crippen molar-refractivity contribution in [1.82, 2.24) is 10.6 Å². The third-order valence-electron chi connectivity index (χ3n) is 2.43. The van der Waals surface area contributed by atoms with Crippen LogP contribution >= 0.6 is 11.6 Å². The van der Waals surface area contributed by atoms with Crippen molar-refractivity contribution < 1.29 is 19.1 Å². The van der Waals surface area contributed by atoms with Gasteiger partial charge >= 0.3 is 12.0 Å². The number of nitrogens with one attached hydrogen (secondary N) is 2. The van der Waals surface area contributed by atoms with Crippen molar-refractivity contribution in [3.05, 3.63) is 34.6 Å². The molecular formula is C12H14ClFN2O3. The Morgan fingerprint density at radius 3 is 2.63 bits per heavy atom. The maximum absolute atomic E-state index is 13.1. The number of carboxylic acid groups (broad SMARTS) is 1. The topological polar surface area (TPSA) is 78.4 Å². The Balaban J connectivity index is 2.60. The fourth-order valence-electron chi connectivity index (χ4n) is 1.24. The minimum absolute atomic E-state index is 0.00186. The third-order valence-corrected chi connectivity index (χ3v) is 2.85. The summed E-state index contributed by atoms with van der Waals surface area (Å²) < 4.78 is 13.1. The quantitative estimate of drug-likeness (QED) is 0.794. The molecule has 0 fully saturated rings. The largest absolute Gasteiger partial charge is 0.480 e. The number of benzene rings is 1. The van der Waals surface area contributed by atoms with E-state index in [1.807, 2.05) is 0 Å². The predicted molar refractivity (Wildman–Crippen MR) is 68.5 cm³/mol. The van der Waals surface area contributed by atoms with E-state index in [-0.39, 0.29) is 11.6 Å². The van der Waals surface area contributed by atoms with Gasteiger partial charge in [-0.1, -0.05) is 23.7 Å². The second-order valence-corrected chi connectivity index (χ2v) is 4.83. The number of halogens is 2. The number of carboxylic acids is 1. The monoisotopic (exact) mass is 288 g/mol. The minimum atomic E-state index is -1.39. The lowest BCUT2D eigenvalue weighted by Gasteiger charge is -2.21. The predicted octanol–water partition coefficient (Wildman–Crippen LogP) is 2.14. The molecule has 3 N–H and O–H groups in total. The SMILES string of the molecule is CC(C)(NC(=O)NCc1cccc(F)c1Cl)C(=O)O. The Morgan fingerprint density at radius 2 is 2.05 bits per heavy atom. The molecule has 104 valence electrons. The lowest BCUT2D eigenvalue weighted by atomic mass is 10.1. The molecule has 0 radical (unpaired) electrons. The molecule has 19 heavy (non-hydrogen) atoms. The van der Waals surface area contributed by atoms with Crippen molar-refractivity contribution in [2.45, 2.75) is 25.9 Å². The van der Waals surface area contributed by atoms with Crippen molar-refractivity contribution in [2.75, 3.05) is 0 Å². The van der Waals surface area contributed by atoms with Crippen molar-refractivity contribution >= 4 is 23.6 Å². The van der Waals surface area contributed by atoms with E-state index in [9.17, 15) is 14.0 Å². The molecule has 0 aliphatic carbocycles. The molecule has 0 unspecified atom stereocenters. The first-order valence-electron chi connectivity index (χ1n) is 5.46. The van der Waals surface area contributed by atoms with E-state index in [0.29, 0.717) is 5.56 Å². The van der Waals surface area contributed by atoms with Gasteiger partial charge in [0, 0.05) is 6.54 Å². The van der Waals surface area contributed by atoms with Gasteiger partial charge in [0.15, 0.2) is 0 Å². The summed E-state index contributed by atoms with van der Waals surface area (Å²) in [6, 6.07) is 3.57. The molecule has 0 spiro atoms. The smallest absolute Gasteiger partial charge is 0.328 e. The number of aliphatic carboxylic acids is 1. The number of urea groups is 1. The highest BCUT2D eigenvalue weighted by atomic mass is 35.5. The lowest BCUT2D eigenvalue weighted by Crippen LogP contribution is -2.53. The van der Waals surface area contributed by atoms with Crippen LogP contribution in [0.5, 0.6) is 0 Å². The molecule has 0 aromatic heterocycles. The van der Waals surface area contributed by atoms with Gasteiger partial charge in [0.1, 0.15) is 11.4 Å². The van der Waals surface area contributed by atoms with E-state index in [4.69, 9.17) is 16.7 Å². The third kappa shape index (κ3) is 4.10. The molecule has 0 heterocycles. The number of carbonyl (C=O) groups excluding carboxylic acids is 1. The first kappa shape index (κ1) is 15.2. The number of hydrogen-bond donors (Lipinski definition) is 3. The fourth-order valence-corrected chi connectivity index (χ4v) is 1.43. The van der Waals surface area contributed by atoms with Gasteiger partial charge < -0.3 is 15.7 Å². The summed E-state index contributed by atoms with van der Waals surface area (Å²) >= 11 is 5.72. The molecule has 1 rings (SSSR count). The first-order chi connectivity index (χ1) is 8.74. The van der Waals surface area contributed by atoms with Crippen LogP contribution in [-0.4, -0.2) is 22.6 Å². The van der Waals surface area contributed by atoms with Gasteiger partial charge in [0.05, 0.1) is 5.02 Å². The summed E-state index contributed by atoms with van der Waals surface area (Å²) in [6.45, 7) is 2.70. The lowest BCUT2D eigenvalue weighted by molar-refractivity contribution is -0.142. The molecule has 1 aromatic rings. The summed E-state index contributed by atoms with van der Waals surface area (Å²) in [5.41, 5.74) is -0.986. The van der Waals surface area contributed by atoms with Crippen LogP contribution in [0.1, 0.15) is 19.4 Å². The molecule has 0 atom stereocenters. The molecule has 0 saturated heterocycles. The van der Waals surface area contributed by atoms with Gasteiger partial charge in [0.25, 0.3) is 0 Å². The summed E-state index contributed by atoms with van der Waals surface area (Å²) in [5, 5.41) is 13.5. The van der Waals surface area contributed by atoms with Crippen molar-refractivity contribution in [2.24, 2.45) is 0 Å². The minimum Gasteiger partial charge on any atom is -0.480 e. The van der Waals surface area contributed by atoms with Crippen LogP contribution in [0.25, 0.3) is 0 Å². The van der Waals surface area contributed by atoms with E-state index in [1.165, 1.54) is 26.0 Å². The van der Waals surface area contributed by atoms with Gasteiger partial charge in [-0.2, -0.15) is 0 Å². The first-order valence-corrected chi connectivity index (χ1v) is 5.84. The summed E-state index contributed by atoms with van der Waals surface area (Å²) in [6.07, 6.45) is 0. The van der Waals surface area contributed by atoms with Crippen LogP contribution in [0.2, 0.25) is 5.02 Å². The Bertz CT molecular complexity index is 506. The molecular weight excluding hydrogens is 275 g/mol. The zero-order chi connectivity index (χ0) is 14.6. The van der Waals surface area contributed by atoms with E-state index < -0.39 is 23.4 Å². The Labute approximate surface area is 114 Å². The normalized spacial score (nSPS) is 10.9. The van der Waals surface area contributed by atoms with Crippen LogP contribution in [0.15, 0.2) is 18.2 Å². The maximum Gasteiger partial charge on any atom is 0.328 e. The van der Waals surface area contributed by atoms with Crippen molar-refractivity contribution in [3.63, 3.8) is 0 Å². The van der Waals surface area contributed by atoms with Crippen LogP contribution in [0.3, 0.4) is 0 Å². The fraction of sp³-hybridized carbons (Fsp3) is 0.333. The van der Waals surface area contributed by atoms with E-state index in [2.05, 4.69) is 10.6 Å². The van der Waals surface area contributed by atoms with Crippen LogP contribution in [-0.2, 0) is 11.3 Å². The molecule has 7 heteroatoms. The van der Waals surface area contributed by atoms with Gasteiger partial charge in [-0.25, -0.2) is 14.0 Å². The average molecular weight is 289 g/mol. The second-order valence-electron chi connectivity index (χ2n) is 4.45. The summed E-state index contributed by atoms with van der Waals surface area (Å²) in [4.78, 5) is 22.3. The van der Waals surface area contributed by atoms with E-state index in [1.54, 1.807) is 6.07 Å². The van der Waals surface area contributed by atoms with Crippen molar-refractivity contribution in [1.29, 1.82) is 0 Å². The Hall–Kier alpha value is -1.82. The molecule has 0 bridgehead atoms.